The minimum atomic E-state index is -0.0843. The number of rotatable bonds is 5. The van der Waals surface area contributed by atoms with Gasteiger partial charge in [0.05, 0.1) is 6.61 Å². The van der Waals surface area contributed by atoms with Crippen LogP contribution in [0.1, 0.15) is 49.3 Å². The lowest BCUT2D eigenvalue weighted by Gasteiger charge is -2.30. The second-order valence-corrected chi connectivity index (χ2v) is 7.67. The zero-order chi connectivity index (χ0) is 20.1. The summed E-state index contributed by atoms with van der Waals surface area (Å²) in [6.07, 6.45) is 3.48. The molecule has 2 aliphatic heterocycles. The van der Waals surface area contributed by atoms with E-state index in [1.807, 2.05) is 13.0 Å². The maximum absolute atomic E-state index is 11.5. The van der Waals surface area contributed by atoms with E-state index < -0.39 is 0 Å². The van der Waals surface area contributed by atoms with Crippen molar-refractivity contribution in [2.24, 2.45) is 0 Å². The maximum Gasteiger partial charge on any atom is 0.305 e. The summed E-state index contributed by atoms with van der Waals surface area (Å²) in [5.41, 5.74) is 6.64. The van der Waals surface area contributed by atoms with Crippen LogP contribution < -0.4 is 4.74 Å². The Kier molecular flexibility index (Phi) is 7.94. The molecule has 30 heavy (non-hydrogen) atoms. The van der Waals surface area contributed by atoms with Gasteiger partial charge in [0.1, 0.15) is 12.4 Å². The molecule has 0 saturated carbocycles. The van der Waals surface area contributed by atoms with E-state index in [2.05, 4.69) is 47.4 Å². The van der Waals surface area contributed by atoms with Gasteiger partial charge in [0, 0.05) is 25.1 Å². The van der Waals surface area contributed by atoms with Gasteiger partial charge < -0.3 is 14.4 Å². The number of hydrogen-bond acceptors (Lipinski definition) is 4. The lowest BCUT2D eigenvalue weighted by atomic mass is 9.86. The summed E-state index contributed by atoms with van der Waals surface area (Å²) in [7, 11) is 0. The highest BCUT2D eigenvalue weighted by atomic mass is 35.5. The van der Waals surface area contributed by atoms with Crippen molar-refractivity contribution in [1.29, 1.82) is 0 Å². The van der Waals surface area contributed by atoms with Crippen molar-refractivity contribution < 1.29 is 14.3 Å². The first-order chi connectivity index (χ1) is 14.3. The highest BCUT2D eigenvalue weighted by molar-refractivity contribution is 5.87. The van der Waals surface area contributed by atoms with E-state index in [0.29, 0.717) is 19.6 Å². The second-order valence-electron chi connectivity index (χ2n) is 7.67. The highest BCUT2D eigenvalue weighted by Gasteiger charge is 2.24. The Morgan fingerprint density at radius 1 is 1.03 bits per heavy atom. The van der Waals surface area contributed by atoms with Crippen molar-refractivity contribution in [2.45, 2.75) is 39.2 Å². The van der Waals surface area contributed by atoms with Gasteiger partial charge in [0.2, 0.25) is 0 Å². The van der Waals surface area contributed by atoms with Crippen LogP contribution in [-0.2, 0) is 16.1 Å². The predicted molar refractivity (Wildman–Crippen MR) is 122 cm³/mol. The number of para-hydroxylation sites is 1. The van der Waals surface area contributed by atoms with Crippen LogP contribution >= 0.6 is 12.4 Å². The van der Waals surface area contributed by atoms with E-state index in [4.69, 9.17) is 9.47 Å². The molecule has 2 aromatic carbocycles. The van der Waals surface area contributed by atoms with E-state index in [-0.39, 0.29) is 18.4 Å². The van der Waals surface area contributed by atoms with Gasteiger partial charge >= 0.3 is 5.97 Å². The molecule has 0 radical (unpaired) electrons. The molecule has 4 rings (SSSR count). The number of ether oxygens (including phenoxy) is 2. The fourth-order valence-electron chi connectivity index (χ4n) is 4.35. The summed E-state index contributed by atoms with van der Waals surface area (Å²) in [4.78, 5) is 14.0. The van der Waals surface area contributed by atoms with Crippen molar-refractivity contribution in [1.82, 2.24) is 4.90 Å². The van der Waals surface area contributed by atoms with Crippen LogP contribution in [0.3, 0.4) is 0 Å². The van der Waals surface area contributed by atoms with Crippen molar-refractivity contribution in [2.75, 3.05) is 26.2 Å². The number of carbonyl (C=O) groups is 1. The summed E-state index contributed by atoms with van der Waals surface area (Å²) < 4.78 is 11.2. The molecule has 0 aromatic heterocycles. The number of fused-ring (bicyclic) bond motifs is 2. The summed E-state index contributed by atoms with van der Waals surface area (Å²) >= 11 is 0. The third-order valence-corrected chi connectivity index (χ3v) is 5.80. The topological polar surface area (TPSA) is 38.8 Å². The average Bonchev–Trinajstić information content (AvgIpc) is 2.92. The maximum atomic E-state index is 11.5. The van der Waals surface area contributed by atoms with E-state index in [0.717, 1.165) is 44.6 Å². The minimum Gasteiger partial charge on any atom is -0.488 e. The Morgan fingerprint density at radius 3 is 2.50 bits per heavy atom. The number of carbonyl (C=O) groups excluding carboxylic acids is 1. The molecular weight excluding hydrogens is 398 g/mol. The van der Waals surface area contributed by atoms with Crippen molar-refractivity contribution in [3.8, 4) is 5.75 Å². The Labute approximate surface area is 185 Å². The summed E-state index contributed by atoms with van der Waals surface area (Å²) in [5, 5.41) is 0. The number of halogens is 1. The standard InChI is InChI=1S/C25H29NO3.ClH/c1-2-28-24(27)12-7-15-26-16-13-19(14-17-26)25-21-9-4-3-8-20(21)18-29-23-11-6-5-10-22(23)25;/h3-6,8-11H,2,7,12-18H2,1H3;1H. The Hall–Kier alpha value is -2.30. The average molecular weight is 428 g/mol. The molecule has 2 aromatic rings. The first-order valence-electron chi connectivity index (χ1n) is 10.7. The molecule has 4 nitrogen and oxygen atoms in total. The van der Waals surface area contributed by atoms with Gasteiger partial charge in [0.25, 0.3) is 0 Å². The zero-order valence-corrected chi connectivity index (χ0v) is 18.4. The Bertz CT molecular complexity index is 849. The van der Waals surface area contributed by atoms with Gasteiger partial charge in [-0.3, -0.25) is 4.79 Å². The van der Waals surface area contributed by atoms with Gasteiger partial charge in [-0.2, -0.15) is 0 Å². The summed E-state index contributed by atoms with van der Waals surface area (Å²) in [6, 6.07) is 17.0. The number of likely N-dealkylation sites (tertiary alicyclic amines) is 1. The van der Waals surface area contributed by atoms with Crippen LogP contribution in [0, 0.1) is 0 Å². The molecule has 0 aliphatic carbocycles. The van der Waals surface area contributed by atoms with Gasteiger partial charge in [-0.1, -0.05) is 48.0 Å². The Morgan fingerprint density at radius 2 is 1.73 bits per heavy atom. The zero-order valence-electron chi connectivity index (χ0n) is 17.6. The summed E-state index contributed by atoms with van der Waals surface area (Å²) in [6.45, 7) is 5.96. The van der Waals surface area contributed by atoms with Crippen LogP contribution in [0.5, 0.6) is 5.75 Å². The number of hydrogen-bond donors (Lipinski definition) is 0. The largest absolute Gasteiger partial charge is 0.488 e. The lowest BCUT2D eigenvalue weighted by molar-refractivity contribution is -0.143. The van der Waals surface area contributed by atoms with Gasteiger partial charge in [-0.05, 0) is 55.5 Å². The quantitative estimate of drug-likeness (QED) is 0.611. The molecular formula is C25H30ClNO3. The minimum absolute atomic E-state index is 0. The number of piperidine rings is 1. The molecule has 0 bridgehead atoms. The van der Waals surface area contributed by atoms with E-state index in [9.17, 15) is 4.79 Å². The third kappa shape index (κ3) is 5.05. The SMILES string of the molecule is CCOC(=O)CCCN1CCC(=C2c3ccccc3COc3ccccc32)CC1.Cl. The Balaban J connectivity index is 0.00000256. The molecule has 1 fully saturated rings. The van der Waals surface area contributed by atoms with Gasteiger partial charge in [0.15, 0.2) is 0 Å². The molecule has 0 N–H and O–H groups in total. The van der Waals surface area contributed by atoms with Gasteiger partial charge in [-0.25, -0.2) is 0 Å². The van der Waals surface area contributed by atoms with Crippen LogP contribution in [0.2, 0.25) is 0 Å². The smallest absolute Gasteiger partial charge is 0.305 e. The van der Waals surface area contributed by atoms with E-state index in [1.165, 1.54) is 27.8 Å². The number of esters is 1. The van der Waals surface area contributed by atoms with E-state index >= 15 is 0 Å². The molecule has 160 valence electrons. The molecule has 5 heteroatoms. The first-order valence-corrected chi connectivity index (χ1v) is 10.7. The lowest BCUT2D eigenvalue weighted by Crippen LogP contribution is -2.32. The number of nitrogens with zero attached hydrogens (tertiary/aromatic N) is 1. The molecule has 0 atom stereocenters. The van der Waals surface area contributed by atoms with Crippen LogP contribution in [-0.4, -0.2) is 37.1 Å². The molecule has 2 heterocycles. The first kappa shape index (κ1) is 22.4. The highest BCUT2D eigenvalue weighted by Crippen LogP contribution is 2.40. The van der Waals surface area contributed by atoms with E-state index in [1.54, 1.807) is 0 Å². The fourth-order valence-corrected chi connectivity index (χ4v) is 4.35. The summed E-state index contributed by atoms with van der Waals surface area (Å²) in [5.74, 6) is 0.891. The van der Waals surface area contributed by atoms with Crippen molar-refractivity contribution >= 4 is 23.9 Å². The normalized spacial score (nSPS) is 15.9. The molecule has 0 amide bonds. The molecule has 2 aliphatic rings. The van der Waals surface area contributed by atoms with Crippen molar-refractivity contribution in [3.63, 3.8) is 0 Å². The van der Waals surface area contributed by atoms with Crippen LogP contribution in [0.4, 0.5) is 0 Å². The van der Waals surface area contributed by atoms with Gasteiger partial charge in [-0.15, -0.1) is 12.4 Å². The van der Waals surface area contributed by atoms with Crippen molar-refractivity contribution in [3.05, 3.63) is 70.8 Å². The molecule has 0 unspecified atom stereocenters. The fraction of sp³-hybridized carbons (Fsp3) is 0.400. The predicted octanol–water partition coefficient (Wildman–Crippen LogP) is 5.24. The van der Waals surface area contributed by atoms with Crippen LogP contribution in [0.25, 0.3) is 5.57 Å². The second kappa shape index (κ2) is 10.6. The third-order valence-electron chi connectivity index (χ3n) is 5.80. The van der Waals surface area contributed by atoms with Crippen LogP contribution in [0.15, 0.2) is 54.1 Å². The monoisotopic (exact) mass is 427 g/mol. The molecule has 1 saturated heterocycles. The number of benzene rings is 2. The molecule has 0 spiro atoms.